The molecule has 6 nitrogen and oxygen atoms in total. The lowest BCUT2D eigenvalue weighted by molar-refractivity contribution is 0.102. The summed E-state index contributed by atoms with van der Waals surface area (Å²) in [5.74, 6) is -0.160. The van der Waals surface area contributed by atoms with Gasteiger partial charge in [-0.3, -0.25) is 9.59 Å². The standard InChI is InChI=1S/C20H19BrN4O2/c1-13(23-17-12-22-25(2)20(27)18(17)21)15-9-6-10-16(11-15)24-19(26)14-7-4-3-5-8-14/h3-13,23H,1-2H3,(H,24,26). The van der Waals surface area contributed by atoms with E-state index < -0.39 is 0 Å². The highest BCUT2D eigenvalue weighted by atomic mass is 79.9. The molecule has 0 aliphatic carbocycles. The molecule has 0 spiro atoms. The first-order valence-electron chi connectivity index (χ1n) is 8.40. The molecule has 0 saturated heterocycles. The van der Waals surface area contributed by atoms with Crippen LogP contribution in [0.25, 0.3) is 0 Å². The number of nitrogens with one attached hydrogen (secondary N) is 2. The fourth-order valence-electron chi connectivity index (χ4n) is 2.61. The molecule has 1 heterocycles. The summed E-state index contributed by atoms with van der Waals surface area (Å²) in [6.45, 7) is 1.97. The second-order valence-electron chi connectivity index (χ2n) is 6.11. The topological polar surface area (TPSA) is 76.0 Å². The molecular formula is C20H19BrN4O2. The summed E-state index contributed by atoms with van der Waals surface area (Å²) < 4.78 is 1.69. The van der Waals surface area contributed by atoms with E-state index in [4.69, 9.17) is 0 Å². The van der Waals surface area contributed by atoms with Gasteiger partial charge in [-0.05, 0) is 52.7 Å². The van der Waals surface area contributed by atoms with E-state index in [1.807, 2.05) is 49.4 Å². The number of hydrogen-bond donors (Lipinski definition) is 2. The van der Waals surface area contributed by atoms with Gasteiger partial charge >= 0.3 is 0 Å². The van der Waals surface area contributed by atoms with E-state index in [0.29, 0.717) is 21.4 Å². The van der Waals surface area contributed by atoms with E-state index in [0.717, 1.165) is 5.56 Å². The van der Waals surface area contributed by atoms with Crippen molar-refractivity contribution in [3.05, 3.63) is 86.7 Å². The minimum Gasteiger partial charge on any atom is -0.376 e. The minimum absolute atomic E-state index is 0.0937. The second-order valence-corrected chi connectivity index (χ2v) is 6.91. The summed E-state index contributed by atoms with van der Waals surface area (Å²) in [5, 5.41) is 10.2. The van der Waals surface area contributed by atoms with Gasteiger partial charge < -0.3 is 10.6 Å². The van der Waals surface area contributed by atoms with Crippen LogP contribution in [0.4, 0.5) is 11.4 Å². The van der Waals surface area contributed by atoms with Crippen molar-refractivity contribution in [2.45, 2.75) is 13.0 Å². The number of amides is 1. The maximum atomic E-state index is 12.3. The zero-order valence-electron chi connectivity index (χ0n) is 14.9. The average molecular weight is 427 g/mol. The van der Waals surface area contributed by atoms with E-state index in [2.05, 4.69) is 31.7 Å². The van der Waals surface area contributed by atoms with E-state index in [1.165, 1.54) is 4.68 Å². The summed E-state index contributed by atoms with van der Waals surface area (Å²) in [5.41, 5.74) is 2.68. The number of benzene rings is 2. The molecule has 1 aromatic heterocycles. The molecular weight excluding hydrogens is 408 g/mol. The number of aromatic nitrogens is 2. The number of rotatable bonds is 5. The number of aryl methyl sites for hydroxylation is 1. The Labute approximate surface area is 165 Å². The number of hydrogen-bond acceptors (Lipinski definition) is 4. The zero-order chi connectivity index (χ0) is 19.4. The number of nitrogens with zero attached hydrogens (tertiary/aromatic N) is 2. The second kappa shape index (κ2) is 8.18. The molecule has 0 radical (unpaired) electrons. The first-order valence-corrected chi connectivity index (χ1v) is 9.19. The third-order valence-electron chi connectivity index (χ3n) is 4.13. The van der Waals surface area contributed by atoms with Gasteiger partial charge in [0, 0.05) is 24.3 Å². The van der Waals surface area contributed by atoms with Crippen molar-refractivity contribution in [1.82, 2.24) is 9.78 Å². The van der Waals surface area contributed by atoms with E-state index in [9.17, 15) is 9.59 Å². The maximum absolute atomic E-state index is 12.3. The van der Waals surface area contributed by atoms with Gasteiger partial charge in [0.1, 0.15) is 4.47 Å². The highest BCUT2D eigenvalue weighted by Crippen LogP contribution is 2.25. The highest BCUT2D eigenvalue weighted by Gasteiger charge is 2.12. The van der Waals surface area contributed by atoms with Crippen LogP contribution in [0.15, 0.2) is 70.1 Å². The summed E-state index contributed by atoms with van der Waals surface area (Å²) in [6, 6.07) is 16.5. The van der Waals surface area contributed by atoms with Crippen molar-refractivity contribution in [3.63, 3.8) is 0 Å². The lowest BCUT2D eigenvalue weighted by Gasteiger charge is -2.17. The Bertz CT molecular complexity index is 1020. The summed E-state index contributed by atoms with van der Waals surface area (Å²) >= 11 is 3.31. The van der Waals surface area contributed by atoms with Gasteiger partial charge in [-0.1, -0.05) is 30.3 Å². The number of anilines is 2. The normalized spacial score (nSPS) is 11.7. The fraction of sp³-hybridized carbons (Fsp3) is 0.150. The number of carbonyl (C=O) groups is 1. The quantitative estimate of drug-likeness (QED) is 0.646. The monoisotopic (exact) mass is 426 g/mol. The minimum atomic E-state index is -0.212. The first-order chi connectivity index (χ1) is 13.0. The fourth-order valence-corrected chi connectivity index (χ4v) is 3.08. The molecule has 7 heteroatoms. The van der Waals surface area contributed by atoms with Gasteiger partial charge in [0.25, 0.3) is 11.5 Å². The third-order valence-corrected chi connectivity index (χ3v) is 4.90. The molecule has 3 rings (SSSR count). The van der Waals surface area contributed by atoms with Crippen molar-refractivity contribution in [1.29, 1.82) is 0 Å². The first kappa shape index (κ1) is 18.8. The molecule has 0 saturated carbocycles. The Balaban J connectivity index is 1.76. The van der Waals surface area contributed by atoms with E-state index in [1.54, 1.807) is 25.4 Å². The van der Waals surface area contributed by atoms with Gasteiger partial charge in [0.2, 0.25) is 0 Å². The van der Waals surface area contributed by atoms with Crippen LogP contribution in [-0.4, -0.2) is 15.7 Å². The molecule has 1 unspecified atom stereocenters. The van der Waals surface area contributed by atoms with Crippen molar-refractivity contribution in [3.8, 4) is 0 Å². The molecule has 0 aliphatic rings. The zero-order valence-corrected chi connectivity index (χ0v) is 16.5. The molecule has 0 fully saturated rings. The predicted octanol–water partition coefficient (Wildman–Crippen LogP) is 3.97. The Kier molecular flexibility index (Phi) is 5.71. The van der Waals surface area contributed by atoms with Crippen LogP contribution in [-0.2, 0) is 7.05 Å². The third kappa shape index (κ3) is 4.43. The van der Waals surface area contributed by atoms with Crippen LogP contribution in [0.2, 0.25) is 0 Å². The van der Waals surface area contributed by atoms with Crippen molar-refractivity contribution in [2.24, 2.45) is 7.05 Å². The van der Waals surface area contributed by atoms with Gasteiger partial charge in [-0.25, -0.2) is 4.68 Å². The molecule has 0 bridgehead atoms. The van der Waals surface area contributed by atoms with Crippen molar-refractivity contribution < 1.29 is 4.79 Å². The van der Waals surface area contributed by atoms with Crippen LogP contribution in [0.3, 0.4) is 0 Å². The number of halogens is 1. The lowest BCUT2D eigenvalue weighted by Crippen LogP contribution is -2.22. The van der Waals surface area contributed by atoms with E-state index in [-0.39, 0.29) is 17.5 Å². The van der Waals surface area contributed by atoms with Gasteiger partial charge in [-0.2, -0.15) is 5.10 Å². The average Bonchev–Trinajstić information content (AvgIpc) is 2.69. The number of carbonyl (C=O) groups excluding carboxylic acids is 1. The maximum Gasteiger partial charge on any atom is 0.282 e. The summed E-state index contributed by atoms with van der Waals surface area (Å²) in [6.07, 6.45) is 1.60. The Morgan fingerprint density at radius 3 is 2.63 bits per heavy atom. The van der Waals surface area contributed by atoms with Gasteiger partial charge in [0.05, 0.1) is 11.9 Å². The Morgan fingerprint density at radius 2 is 1.89 bits per heavy atom. The summed E-state index contributed by atoms with van der Waals surface area (Å²) in [7, 11) is 1.60. The summed E-state index contributed by atoms with van der Waals surface area (Å²) in [4.78, 5) is 24.3. The molecule has 2 aromatic carbocycles. The van der Waals surface area contributed by atoms with Gasteiger partial charge in [-0.15, -0.1) is 0 Å². The molecule has 3 aromatic rings. The van der Waals surface area contributed by atoms with Crippen LogP contribution in [0.5, 0.6) is 0 Å². The smallest absolute Gasteiger partial charge is 0.282 e. The van der Waals surface area contributed by atoms with Crippen molar-refractivity contribution in [2.75, 3.05) is 10.6 Å². The SMILES string of the molecule is CC(Nc1cnn(C)c(=O)c1Br)c1cccc(NC(=O)c2ccccc2)c1. The molecule has 0 aliphatic heterocycles. The predicted molar refractivity (Wildman–Crippen MR) is 110 cm³/mol. The van der Waals surface area contributed by atoms with Crippen LogP contribution in [0, 0.1) is 0 Å². The Morgan fingerprint density at radius 1 is 1.15 bits per heavy atom. The highest BCUT2D eigenvalue weighted by molar-refractivity contribution is 9.10. The molecule has 27 heavy (non-hydrogen) atoms. The van der Waals surface area contributed by atoms with E-state index >= 15 is 0 Å². The molecule has 2 N–H and O–H groups in total. The van der Waals surface area contributed by atoms with Crippen LogP contribution >= 0.6 is 15.9 Å². The van der Waals surface area contributed by atoms with Crippen molar-refractivity contribution >= 4 is 33.2 Å². The van der Waals surface area contributed by atoms with Crippen LogP contribution in [0.1, 0.15) is 28.9 Å². The largest absolute Gasteiger partial charge is 0.376 e. The molecule has 1 amide bonds. The Hall–Kier alpha value is -2.93. The molecule has 1 atom stereocenters. The van der Waals surface area contributed by atoms with Gasteiger partial charge in [0.15, 0.2) is 0 Å². The lowest BCUT2D eigenvalue weighted by atomic mass is 10.1. The van der Waals surface area contributed by atoms with Crippen LogP contribution < -0.4 is 16.2 Å². The molecule has 138 valence electrons.